The molecule has 30 heavy (non-hydrogen) atoms. The van der Waals surface area contributed by atoms with Crippen molar-refractivity contribution in [1.29, 1.82) is 0 Å². The van der Waals surface area contributed by atoms with Crippen LogP contribution < -0.4 is 9.47 Å². The third-order valence-electron chi connectivity index (χ3n) is 5.32. The topological polar surface area (TPSA) is 76.8 Å². The van der Waals surface area contributed by atoms with Gasteiger partial charge >= 0.3 is 0 Å². The summed E-state index contributed by atoms with van der Waals surface area (Å²) in [5.41, 5.74) is 2.70. The van der Waals surface area contributed by atoms with E-state index in [1.165, 1.54) is 0 Å². The van der Waals surface area contributed by atoms with Crippen molar-refractivity contribution in [2.45, 2.75) is 19.4 Å². The van der Waals surface area contributed by atoms with Crippen molar-refractivity contribution >= 4 is 5.91 Å². The average molecular weight is 407 g/mol. The first-order valence-corrected chi connectivity index (χ1v) is 10.0. The van der Waals surface area contributed by atoms with Crippen molar-refractivity contribution in [3.05, 3.63) is 71.5 Å². The van der Waals surface area contributed by atoms with Crippen LogP contribution in [0.25, 0.3) is 0 Å². The molecule has 1 aliphatic heterocycles. The van der Waals surface area contributed by atoms with Crippen LogP contribution in [0.3, 0.4) is 0 Å². The molecule has 4 rings (SSSR count). The van der Waals surface area contributed by atoms with Gasteiger partial charge in [-0.1, -0.05) is 6.07 Å². The van der Waals surface area contributed by atoms with Crippen LogP contribution >= 0.6 is 0 Å². The lowest BCUT2D eigenvalue weighted by Crippen LogP contribution is -2.42. The van der Waals surface area contributed by atoms with Gasteiger partial charge in [0.15, 0.2) is 0 Å². The van der Waals surface area contributed by atoms with Crippen molar-refractivity contribution in [2.24, 2.45) is 7.05 Å². The van der Waals surface area contributed by atoms with Crippen LogP contribution in [0.2, 0.25) is 0 Å². The first kappa shape index (κ1) is 19.8. The number of carbonyl (C=O) groups excluding carboxylic acids is 1. The Morgan fingerprint density at radius 3 is 2.73 bits per heavy atom. The molecule has 7 heteroatoms. The molecule has 2 heterocycles. The van der Waals surface area contributed by atoms with Crippen LogP contribution in [-0.4, -0.2) is 45.5 Å². The standard InChI is InChI=1S/C23H25N3O4/c1-3-29-19-6-4-5-16(13-19)23(28)26-12-11-21-20(14-24-25(21)2)22(26)15-30-18-9-7-17(27)8-10-18/h4-10,13-14,22,27H,3,11-12,15H2,1-2H3. The van der Waals surface area contributed by atoms with E-state index in [-0.39, 0.29) is 17.7 Å². The first-order valence-electron chi connectivity index (χ1n) is 10.0. The van der Waals surface area contributed by atoms with E-state index in [2.05, 4.69) is 5.10 Å². The van der Waals surface area contributed by atoms with Gasteiger partial charge in [-0.05, 0) is 49.4 Å². The maximum atomic E-state index is 13.4. The van der Waals surface area contributed by atoms with Gasteiger partial charge in [-0.2, -0.15) is 5.10 Å². The number of hydrogen-bond acceptors (Lipinski definition) is 5. The molecular formula is C23H25N3O4. The Bertz CT molecular complexity index is 1030. The molecule has 0 spiro atoms. The Hall–Kier alpha value is -3.48. The zero-order valence-electron chi connectivity index (χ0n) is 17.1. The smallest absolute Gasteiger partial charge is 0.254 e. The maximum Gasteiger partial charge on any atom is 0.254 e. The number of carbonyl (C=O) groups is 1. The number of phenols is 1. The van der Waals surface area contributed by atoms with Crippen molar-refractivity contribution in [3.63, 3.8) is 0 Å². The predicted octanol–water partition coefficient (Wildman–Crippen LogP) is 3.34. The zero-order chi connectivity index (χ0) is 21.1. The Balaban J connectivity index is 1.61. The number of phenolic OH excluding ortho intramolecular Hbond substituents is 1. The second-order valence-corrected chi connectivity index (χ2v) is 7.20. The highest BCUT2D eigenvalue weighted by atomic mass is 16.5. The Morgan fingerprint density at radius 2 is 1.97 bits per heavy atom. The Labute approximate surface area is 175 Å². The molecule has 0 saturated carbocycles. The van der Waals surface area contributed by atoms with Crippen LogP contribution in [0.1, 0.15) is 34.6 Å². The van der Waals surface area contributed by atoms with Gasteiger partial charge in [0.05, 0.1) is 18.8 Å². The lowest BCUT2D eigenvalue weighted by Gasteiger charge is -2.35. The molecule has 1 aliphatic rings. The minimum absolute atomic E-state index is 0.0645. The third-order valence-corrected chi connectivity index (χ3v) is 5.32. The molecule has 2 aromatic carbocycles. The number of ether oxygens (including phenoxy) is 2. The summed E-state index contributed by atoms with van der Waals surface area (Å²) in [4.78, 5) is 15.2. The minimum atomic E-state index is -0.264. The van der Waals surface area contributed by atoms with Gasteiger partial charge in [0.1, 0.15) is 23.9 Å². The molecule has 0 aliphatic carbocycles. The lowest BCUT2D eigenvalue weighted by molar-refractivity contribution is 0.0587. The van der Waals surface area contributed by atoms with Gasteiger partial charge in [-0.15, -0.1) is 0 Å². The molecule has 156 valence electrons. The number of aryl methyl sites for hydroxylation is 1. The van der Waals surface area contributed by atoms with E-state index in [4.69, 9.17) is 9.47 Å². The molecule has 0 fully saturated rings. The number of rotatable bonds is 6. The quantitative estimate of drug-likeness (QED) is 0.678. The molecular weight excluding hydrogens is 382 g/mol. The summed E-state index contributed by atoms with van der Waals surface area (Å²) in [6.07, 6.45) is 2.55. The highest BCUT2D eigenvalue weighted by Crippen LogP contribution is 2.32. The molecule has 3 aromatic rings. The van der Waals surface area contributed by atoms with Crippen LogP contribution in [-0.2, 0) is 13.5 Å². The predicted molar refractivity (Wildman–Crippen MR) is 112 cm³/mol. The van der Waals surface area contributed by atoms with Crippen molar-refractivity contribution in [1.82, 2.24) is 14.7 Å². The number of nitrogens with zero attached hydrogens (tertiary/aromatic N) is 3. The van der Waals surface area contributed by atoms with E-state index < -0.39 is 0 Å². The van der Waals surface area contributed by atoms with Crippen molar-refractivity contribution in [3.8, 4) is 17.2 Å². The first-order chi connectivity index (χ1) is 14.6. The molecule has 1 amide bonds. The molecule has 1 aromatic heterocycles. The lowest BCUT2D eigenvalue weighted by atomic mass is 9.98. The number of benzene rings is 2. The van der Waals surface area contributed by atoms with Gasteiger partial charge in [0.2, 0.25) is 0 Å². The Kier molecular flexibility index (Phi) is 5.61. The molecule has 1 unspecified atom stereocenters. The van der Waals surface area contributed by atoms with E-state index in [9.17, 15) is 9.90 Å². The van der Waals surface area contributed by atoms with E-state index in [0.717, 1.165) is 17.7 Å². The highest BCUT2D eigenvalue weighted by molar-refractivity contribution is 5.95. The molecule has 7 nitrogen and oxygen atoms in total. The van der Waals surface area contributed by atoms with Gasteiger partial charge in [0, 0.05) is 36.8 Å². The summed E-state index contributed by atoms with van der Waals surface area (Å²) >= 11 is 0. The average Bonchev–Trinajstić information content (AvgIpc) is 3.14. The van der Waals surface area contributed by atoms with E-state index in [1.54, 1.807) is 30.3 Å². The van der Waals surface area contributed by atoms with Crippen LogP contribution in [0.4, 0.5) is 0 Å². The van der Waals surface area contributed by atoms with Crippen LogP contribution in [0.15, 0.2) is 54.7 Å². The van der Waals surface area contributed by atoms with Crippen molar-refractivity contribution in [2.75, 3.05) is 19.8 Å². The Morgan fingerprint density at radius 1 is 1.17 bits per heavy atom. The molecule has 0 saturated heterocycles. The fraction of sp³-hybridized carbons (Fsp3) is 0.304. The third kappa shape index (κ3) is 3.96. The normalized spacial score (nSPS) is 15.5. The number of aromatic nitrogens is 2. The molecule has 0 bridgehead atoms. The summed E-state index contributed by atoms with van der Waals surface area (Å²) in [6.45, 7) is 3.33. The SMILES string of the molecule is CCOc1cccc(C(=O)N2CCc3c(cnn3C)C2COc2ccc(O)cc2)c1. The monoisotopic (exact) mass is 407 g/mol. The second-order valence-electron chi connectivity index (χ2n) is 7.20. The van der Waals surface area contributed by atoms with E-state index >= 15 is 0 Å². The van der Waals surface area contributed by atoms with Crippen molar-refractivity contribution < 1.29 is 19.4 Å². The number of aromatic hydroxyl groups is 1. The largest absolute Gasteiger partial charge is 0.508 e. The fourth-order valence-electron chi connectivity index (χ4n) is 3.81. The van der Waals surface area contributed by atoms with Crippen LogP contribution in [0, 0.1) is 0 Å². The summed E-state index contributed by atoms with van der Waals surface area (Å²) in [5.74, 6) is 1.43. The number of fused-ring (bicyclic) bond motifs is 1. The molecule has 0 radical (unpaired) electrons. The summed E-state index contributed by atoms with van der Waals surface area (Å²) in [6, 6.07) is 13.6. The van der Waals surface area contributed by atoms with Crippen LogP contribution in [0.5, 0.6) is 17.2 Å². The van der Waals surface area contributed by atoms with Gasteiger partial charge in [-0.25, -0.2) is 0 Å². The molecule has 1 N–H and O–H groups in total. The highest BCUT2D eigenvalue weighted by Gasteiger charge is 2.34. The van der Waals surface area contributed by atoms with E-state index in [0.29, 0.717) is 36.8 Å². The summed E-state index contributed by atoms with van der Waals surface area (Å²) in [5, 5.41) is 13.9. The molecule has 1 atom stereocenters. The summed E-state index contributed by atoms with van der Waals surface area (Å²) in [7, 11) is 1.92. The van der Waals surface area contributed by atoms with E-state index in [1.807, 2.05) is 47.9 Å². The zero-order valence-corrected chi connectivity index (χ0v) is 17.1. The summed E-state index contributed by atoms with van der Waals surface area (Å²) < 4.78 is 13.4. The number of amides is 1. The fourth-order valence-corrected chi connectivity index (χ4v) is 3.81. The van der Waals surface area contributed by atoms with Gasteiger partial charge in [-0.3, -0.25) is 9.48 Å². The maximum absolute atomic E-state index is 13.4. The van der Waals surface area contributed by atoms with Gasteiger partial charge < -0.3 is 19.5 Å². The minimum Gasteiger partial charge on any atom is -0.508 e. The number of hydrogen-bond donors (Lipinski definition) is 1. The van der Waals surface area contributed by atoms with Gasteiger partial charge in [0.25, 0.3) is 5.91 Å². The second kappa shape index (κ2) is 8.49.